The highest BCUT2D eigenvalue weighted by Gasteiger charge is 2.59. The summed E-state index contributed by atoms with van der Waals surface area (Å²) in [6.07, 6.45) is 0. The van der Waals surface area contributed by atoms with Gasteiger partial charge in [0.15, 0.2) is 5.84 Å². The van der Waals surface area contributed by atoms with Crippen LogP contribution in [0.25, 0.3) is 0 Å². The number of fused-ring (bicyclic) bond motifs is 2. The number of oxime groups is 1. The molecule has 3 aromatic rings. The summed E-state index contributed by atoms with van der Waals surface area (Å²) in [6.45, 7) is 2.03. The maximum absolute atomic E-state index is 13.1. The number of nitrogens with one attached hydrogen (secondary N) is 1. The van der Waals surface area contributed by atoms with Crippen molar-refractivity contribution in [1.29, 1.82) is 0 Å². The van der Waals surface area contributed by atoms with Gasteiger partial charge in [-0.2, -0.15) is 0 Å². The number of carbonyl (C=O) groups excluding carboxylic acids is 1. The van der Waals surface area contributed by atoms with E-state index in [1.165, 1.54) is 0 Å². The van der Waals surface area contributed by atoms with Crippen molar-refractivity contribution in [1.82, 2.24) is 0 Å². The third kappa shape index (κ3) is 2.18. The zero-order valence-electron chi connectivity index (χ0n) is 14.7. The minimum atomic E-state index is -1.35. The molecular formula is C22H17N3O2. The molecule has 0 aliphatic carbocycles. The van der Waals surface area contributed by atoms with Gasteiger partial charge in [-0.15, -0.1) is 0 Å². The smallest absolute Gasteiger partial charge is 0.322 e. The van der Waals surface area contributed by atoms with Crippen LogP contribution < -0.4 is 10.2 Å². The molecule has 0 bridgehead atoms. The molecule has 5 nitrogen and oxygen atoms in total. The SMILES string of the molecule is Cc1ccc(N2C(c3ccccc3)=NOC23C(=O)Nc2ccccc23)cc1. The number of aryl methyl sites for hydroxylation is 1. The molecule has 5 heteroatoms. The summed E-state index contributed by atoms with van der Waals surface area (Å²) in [7, 11) is 0. The number of rotatable bonds is 2. The molecule has 0 radical (unpaired) electrons. The topological polar surface area (TPSA) is 53.9 Å². The lowest BCUT2D eigenvalue weighted by Crippen LogP contribution is -2.51. The van der Waals surface area contributed by atoms with E-state index in [4.69, 9.17) is 4.84 Å². The Bertz CT molecular complexity index is 1060. The second-order valence-corrected chi connectivity index (χ2v) is 6.69. The monoisotopic (exact) mass is 355 g/mol. The van der Waals surface area contributed by atoms with Crippen molar-refractivity contribution in [3.63, 3.8) is 0 Å². The van der Waals surface area contributed by atoms with Crippen molar-refractivity contribution in [3.8, 4) is 0 Å². The van der Waals surface area contributed by atoms with Crippen LogP contribution in [0.2, 0.25) is 0 Å². The molecule has 1 atom stereocenters. The van der Waals surface area contributed by atoms with Gasteiger partial charge in [0.1, 0.15) is 0 Å². The van der Waals surface area contributed by atoms with Crippen LogP contribution in [0.15, 0.2) is 84.0 Å². The third-order valence-electron chi connectivity index (χ3n) is 4.96. The molecule has 0 saturated heterocycles. The molecule has 0 aromatic heterocycles. The Morgan fingerprint density at radius 2 is 1.63 bits per heavy atom. The molecule has 132 valence electrons. The van der Waals surface area contributed by atoms with E-state index in [1.54, 1.807) is 0 Å². The average Bonchev–Trinajstić information content (AvgIpc) is 3.23. The Morgan fingerprint density at radius 3 is 2.41 bits per heavy atom. The van der Waals surface area contributed by atoms with E-state index in [2.05, 4.69) is 10.5 Å². The Morgan fingerprint density at radius 1 is 0.926 bits per heavy atom. The molecular weight excluding hydrogens is 338 g/mol. The summed E-state index contributed by atoms with van der Waals surface area (Å²) in [5, 5.41) is 7.29. The van der Waals surface area contributed by atoms with Crippen LogP contribution in [0.1, 0.15) is 16.7 Å². The van der Waals surface area contributed by atoms with Crippen LogP contribution in [0.5, 0.6) is 0 Å². The zero-order valence-corrected chi connectivity index (χ0v) is 14.7. The maximum Gasteiger partial charge on any atom is 0.322 e. The van der Waals surface area contributed by atoms with E-state index in [9.17, 15) is 4.79 Å². The first kappa shape index (κ1) is 15.6. The van der Waals surface area contributed by atoms with Gasteiger partial charge in [0.05, 0.1) is 11.3 Å². The lowest BCUT2D eigenvalue weighted by atomic mass is 10.00. The predicted octanol–water partition coefficient (Wildman–Crippen LogP) is 4.00. The minimum absolute atomic E-state index is 0.251. The molecule has 2 heterocycles. The fraction of sp³-hybridized carbons (Fsp3) is 0.0909. The number of nitrogens with zero attached hydrogens (tertiary/aromatic N) is 2. The molecule has 27 heavy (non-hydrogen) atoms. The molecule has 1 N–H and O–H groups in total. The molecule has 1 spiro atoms. The lowest BCUT2D eigenvalue weighted by molar-refractivity contribution is -0.137. The molecule has 2 aliphatic rings. The van der Waals surface area contributed by atoms with E-state index >= 15 is 0 Å². The fourth-order valence-corrected chi connectivity index (χ4v) is 3.64. The zero-order chi connectivity index (χ0) is 18.4. The molecule has 3 aromatic carbocycles. The van der Waals surface area contributed by atoms with Gasteiger partial charge in [0, 0.05) is 11.3 Å². The number of hydrogen-bond acceptors (Lipinski definition) is 4. The lowest BCUT2D eigenvalue weighted by Gasteiger charge is -2.32. The van der Waals surface area contributed by atoms with Crippen LogP contribution in [-0.2, 0) is 15.4 Å². The molecule has 0 fully saturated rings. The third-order valence-corrected chi connectivity index (χ3v) is 4.96. The van der Waals surface area contributed by atoms with E-state index in [0.717, 1.165) is 28.1 Å². The van der Waals surface area contributed by atoms with Gasteiger partial charge in [0.2, 0.25) is 0 Å². The van der Waals surface area contributed by atoms with Crippen molar-refractivity contribution in [2.75, 3.05) is 10.2 Å². The van der Waals surface area contributed by atoms with Gasteiger partial charge in [-0.25, -0.2) is 0 Å². The number of carbonyl (C=O) groups is 1. The number of amidine groups is 1. The van der Waals surface area contributed by atoms with Gasteiger partial charge in [-0.05, 0) is 25.1 Å². The first-order chi connectivity index (χ1) is 13.2. The van der Waals surface area contributed by atoms with Crippen LogP contribution in [0.4, 0.5) is 11.4 Å². The van der Waals surface area contributed by atoms with E-state index in [-0.39, 0.29) is 5.91 Å². The first-order valence-corrected chi connectivity index (χ1v) is 8.79. The standard InChI is InChI=1S/C22H17N3O2/c1-15-11-13-17(14-12-15)25-20(16-7-3-2-4-8-16)24-27-22(25)18-9-5-6-10-19(18)23-21(22)26/h2-14H,1H3,(H,23,26). The van der Waals surface area contributed by atoms with Crippen molar-refractivity contribution in [3.05, 3.63) is 95.6 Å². The Kier molecular flexibility index (Phi) is 3.31. The number of para-hydroxylation sites is 1. The summed E-state index contributed by atoms with van der Waals surface area (Å²) in [5.74, 6) is 0.352. The highest BCUT2D eigenvalue weighted by Crippen LogP contribution is 2.47. The van der Waals surface area contributed by atoms with Gasteiger partial charge >= 0.3 is 5.72 Å². The van der Waals surface area contributed by atoms with Crippen LogP contribution in [0.3, 0.4) is 0 Å². The molecule has 1 amide bonds. The van der Waals surface area contributed by atoms with Gasteiger partial charge < -0.3 is 10.2 Å². The summed E-state index contributed by atoms with van der Waals surface area (Å²) in [4.78, 5) is 20.9. The largest absolute Gasteiger partial charge is 0.349 e. The summed E-state index contributed by atoms with van der Waals surface area (Å²) < 4.78 is 0. The molecule has 1 unspecified atom stereocenters. The van der Waals surface area contributed by atoms with Crippen molar-refractivity contribution in [2.45, 2.75) is 12.6 Å². The molecule has 5 rings (SSSR count). The normalized spacial score (nSPS) is 20.3. The second kappa shape index (κ2) is 5.71. The van der Waals surface area contributed by atoms with E-state index < -0.39 is 5.72 Å². The maximum atomic E-state index is 13.1. The van der Waals surface area contributed by atoms with Crippen molar-refractivity contribution < 1.29 is 9.63 Å². The molecule has 0 saturated carbocycles. The Balaban J connectivity index is 1.73. The van der Waals surface area contributed by atoms with Crippen LogP contribution in [0, 0.1) is 6.92 Å². The minimum Gasteiger partial charge on any atom is -0.349 e. The van der Waals surface area contributed by atoms with Crippen molar-refractivity contribution >= 4 is 23.1 Å². The van der Waals surface area contributed by atoms with E-state index in [0.29, 0.717) is 5.84 Å². The summed E-state index contributed by atoms with van der Waals surface area (Å²) in [6, 6.07) is 25.3. The Hall–Kier alpha value is -3.60. The van der Waals surface area contributed by atoms with Gasteiger partial charge in [-0.1, -0.05) is 71.4 Å². The van der Waals surface area contributed by atoms with Crippen LogP contribution in [-0.4, -0.2) is 11.7 Å². The summed E-state index contributed by atoms with van der Waals surface area (Å²) >= 11 is 0. The quantitative estimate of drug-likeness (QED) is 0.756. The summed E-state index contributed by atoms with van der Waals surface area (Å²) in [5.41, 5.74) is 3.01. The number of anilines is 2. The van der Waals surface area contributed by atoms with E-state index in [1.807, 2.05) is 90.7 Å². The molecule has 2 aliphatic heterocycles. The highest BCUT2D eigenvalue weighted by molar-refractivity contribution is 6.19. The average molecular weight is 355 g/mol. The number of hydrogen-bond donors (Lipinski definition) is 1. The second-order valence-electron chi connectivity index (χ2n) is 6.69. The fourth-order valence-electron chi connectivity index (χ4n) is 3.64. The van der Waals surface area contributed by atoms with Crippen LogP contribution >= 0.6 is 0 Å². The number of amides is 1. The predicted molar refractivity (Wildman–Crippen MR) is 104 cm³/mol. The number of benzene rings is 3. The van der Waals surface area contributed by atoms with Crippen molar-refractivity contribution in [2.24, 2.45) is 5.16 Å². The Labute approximate surface area is 156 Å². The first-order valence-electron chi connectivity index (χ1n) is 8.79. The van der Waals surface area contributed by atoms with Gasteiger partial charge in [-0.3, -0.25) is 9.69 Å². The van der Waals surface area contributed by atoms with Gasteiger partial charge in [0.25, 0.3) is 5.91 Å². The highest BCUT2D eigenvalue weighted by atomic mass is 16.7.